The Balaban J connectivity index is 2.20. The highest BCUT2D eigenvalue weighted by molar-refractivity contribution is 9.11. The van der Waals surface area contributed by atoms with Crippen molar-refractivity contribution >= 4 is 31.9 Å². The Hall–Kier alpha value is -0.220. The maximum Gasteiger partial charge on any atom is 0.161 e. The lowest BCUT2D eigenvalue weighted by Crippen LogP contribution is -2.13. The smallest absolute Gasteiger partial charge is 0.161 e. The van der Waals surface area contributed by atoms with E-state index in [1.165, 1.54) is 31.2 Å². The lowest BCUT2D eigenvalue weighted by molar-refractivity contribution is 0.295. The predicted octanol–water partition coefficient (Wildman–Crippen LogP) is 5.09. The first-order valence-corrected chi connectivity index (χ1v) is 7.92. The molecular weight excluding hydrogens is 360 g/mol. The average molecular weight is 378 g/mol. The van der Waals surface area contributed by atoms with Crippen LogP contribution in [0.15, 0.2) is 16.6 Å². The molecule has 0 aromatic heterocycles. The van der Waals surface area contributed by atoms with Gasteiger partial charge >= 0.3 is 0 Å². The van der Waals surface area contributed by atoms with Crippen LogP contribution in [0, 0.1) is 5.92 Å². The van der Waals surface area contributed by atoms with Crippen LogP contribution < -0.4 is 9.47 Å². The summed E-state index contributed by atoms with van der Waals surface area (Å²) in [6, 6.07) is 4.03. The normalized spacial score (nSPS) is 17.1. The Kier molecular flexibility index (Phi) is 4.96. The Morgan fingerprint density at radius 2 is 1.83 bits per heavy atom. The van der Waals surface area contributed by atoms with Gasteiger partial charge in [-0.15, -0.1) is 0 Å². The molecule has 2 rings (SSSR count). The third kappa shape index (κ3) is 3.02. The molecule has 1 aliphatic carbocycles. The van der Waals surface area contributed by atoms with Crippen molar-refractivity contribution in [2.75, 3.05) is 14.2 Å². The van der Waals surface area contributed by atoms with Crippen molar-refractivity contribution < 1.29 is 9.47 Å². The zero-order valence-electron chi connectivity index (χ0n) is 10.7. The van der Waals surface area contributed by atoms with Gasteiger partial charge in [0, 0.05) is 9.30 Å². The molecule has 0 saturated heterocycles. The first kappa shape index (κ1) is 14.2. The van der Waals surface area contributed by atoms with E-state index in [2.05, 4.69) is 37.9 Å². The predicted molar refractivity (Wildman–Crippen MR) is 80.9 cm³/mol. The number of ether oxygens (including phenoxy) is 2. The van der Waals surface area contributed by atoms with Gasteiger partial charge in [0.05, 0.1) is 14.2 Å². The van der Waals surface area contributed by atoms with Gasteiger partial charge in [-0.3, -0.25) is 0 Å². The monoisotopic (exact) mass is 376 g/mol. The number of hydrogen-bond donors (Lipinski definition) is 0. The topological polar surface area (TPSA) is 18.5 Å². The van der Waals surface area contributed by atoms with Gasteiger partial charge in [0.15, 0.2) is 11.5 Å². The average Bonchev–Trinajstić information content (AvgIpc) is 2.33. The lowest BCUT2D eigenvalue weighted by atomic mass is 9.81. The lowest BCUT2D eigenvalue weighted by Gasteiger charge is -2.28. The fourth-order valence-corrected chi connectivity index (χ4v) is 4.07. The Bertz CT molecular complexity index is 417. The highest BCUT2D eigenvalue weighted by Crippen LogP contribution is 2.44. The van der Waals surface area contributed by atoms with E-state index in [1.807, 2.05) is 6.07 Å². The molecule has 1 saturated carbocycles. The van der Waals surface area contributed by atoms with E-state index in [1.54, 1.807) is 14.2 Å². The summed E-state index contributed by atoms with van der Waals surface area (Å²) >= 11 is 7.41. The molecule has 0 N–H and O–H groups in total. The molecule has 1 unspecified atom stereocenters. The maximum absolute atomic E-state index is 5.36. The minimum absolute atomic E-state index is 0.372. The van der Waals surface area contributed by atoms with Crippen LogP contribution in [0.3, 0.4) is 0 Å². The van der Waals surface area contributed by atoms with E-state index in [4.69, 9.17) is 9.47 Å². The Morgan fingerprint density at radius 3 is 2.33 bits per heavy atom. The van der Waals surface area contributed by atoms with Crippen molar-refractivity contribution in [1.82, 2.24) is 0 Å². The summed E-state index contributed by atoms with van der Waals surface area (Å²) in [5.41, 5.74) is 1.24. The standard InChI is InChI=1S/C14H18Br2O2/c1-17-13-7-10(12(16)8-14(13)18-2)11(15)6-9-4-3-5-9/h7-9,11H,3-6H2,1-2H3. The summed E-state index contributed by atoms with van der Waals surface area (Å²) in [5, 5.41) is 0. The quantitative estimate of drug-likeness (QED) is 0.665. The van der Waals surface area contributed by atoms with Crippen LogP contribution in [-0.2, 0) is 0 Å². The van der Waals surface area contributed by atoms with Crippen molar-refractivity contribution in [2.24, 2.45) is 5.92 Å². The van der Waals surface area contributed by atoms with Crippen molar-refractivity contribution in [2.45, 2.75) is 30.5 Å². The molecule has 1 atom stereocenters. The second kappa shape index (κ2) is 6.29. The minimum atomic E-state index is 0.372. The van der Waals surface area contributed by atoms with Crippen LogP contribution >= 0.6 is 31.9 Å². The summed E-state index contributed by atoms with van der Waals surface area (Å²) in [4.78, 5) is 0.372. The number of alkyl halides is 1. The summed E-state index contributed by atoms with van der Waals surface area (Å²) in [6.45, 7) is 0. The molecule has 1 aromatic carbocycles. The van der Waals surface area contributed by atoms with Crippen LogP contribution in [0.5, 0.6) is 11.5 Å². The molecule has 0 amide bonds. The van der Waals surface area contributed by atoms with E-state index in [-0.39, 0.29) is 0 Å². The zero-order valence-corrected chi connectivity index (χ0v) is 13.9. The largest absolute Gasteiger partial charge is 0.493 e. The molecule has 2 nitrogen and oxygen atoms in total. The second-order valence-corrected chi connectivity index (χ2v) is 6.69. The van der Waals surface area contributed by atoms with E-state index in [9.17, 15) is 0 Å². The molecule has 0 radical (unpaired) electrons. The third-order valence-corrected chi connectivity index (χ3v) is 5.16. The highest BCUT2D eigenvalue weighted by Gasteiger charge is 2.23. The first-order valence-electron chi connectivity index (χ1n) is 6.21. The van der Waals surface area contributed by atoms with Gasteiger partial charge in [0.25, 0.3) is 0 Å². The summed E-state index contributed by atoms with van der Waals surface area (Å²) in [7, 11) is 3.33. The van der Waals surface area contributed by atoms with Crippen molar-refractivity contribution in [1.29, 1.82) is 0 Å². The van der Waals surface area contributed by atoms with E-state index in [0.717, 1.165) is 21.9 Å². The minimum Gasteiger partial charge on any atom is -0.493 e. The van der Waals surface area contributed by atoms with Crippen molar-refractivity contribution in [3.8, 4) is 11.5 Å². The number of methoxy groups -OCH3 is 2. The van der Waals surface area contributed by atoms with Gasteiger partial charge in [-0.2, -0.15) is 0 Å². The molecule has 0 bridgehead atoms. The molecule has 100 valence electrons. The fraction of sp³-hybridized carbons (Fsp3) is 0.571. The second-order valence-electron chi connectivity index (χ2n) is 4.73. The van der Waals surface area contributed by atoms with Crippen molar-refractivity contribution in [3.63, 3.8) is 0 Å². The number of rotatable bonds is 5. The first-order chi connectivity index (χ1) is 8.65. The van der Waals surface area contributed by atoms with E-state index in [0.29, 0.717) is 4.83 Å². The van der Waals surface area contributed by atoms with Gasteiger partial charge in [0.2, 0.25) is 0 Å². The Labute approximate surface area is 125 Å². The number of halogens is 2. The van der Waals surface area contributed by atoms with Crippen LogP contribution in [0.25, 0.3) is 0 Å². The van der Waals surface area contributed by atoms with Crippen LogP contribution in [0.2, 0.25) is 0 Å². The maximum atomic E-state index is 5.36. The molecule has 1 fully saturated rings. The van der Waals surface area contributed by atoms with E-state index >= 15 is 0 Å². The summed E-state index contributed by atoms with van der Waals surface area (Å²) in [6.07, 6.45) is 5.31. The van der Waals surface area contributed by atoms with Crippen molar-refractivity contribution in [3.05, 3.63) is 22.2 Å². The molecule has 0 aliphatic heterocycles. The zero-order chi connectivity index (χ0) is 13.1. The van der Waals surface area contributed by atoms with Gasteiger partial charge in [-0.1, -0.05) is 51.1 Å². The van der Waals surface area contributed by atoms with Crippen LogP contribution in [0.1, 0.15) is 36.1 Å². The summed E-state index contributed by atoms with van der Waals surface area (Å²) < 4.78 is 11.7. The van der Waals surface area contributed by atoms with Crippen LogP contribution in [0.4, 0.5) is 0 Å². The number of hydrogen-bond acceptors (Lipinski definition) is 2. The van der Waals surface area contributed by atoms with Gasteiger partial charge in [-0.05, 0) is 30.0 Å². The molecule has 18 heavy (non-hydrogen) atoms. The van der Waals surface area contributed by atoms with Gasteiger partial charge in [0.1, 0.15) is 0 Å². The molecule has 1 aromatic rings. The molecule has 0 heterocycles. The van der Waals surface area contributed by atoms with E-state index < -0.39 is 0 Å². The summed E-state index contributed by atoms with van der Waals surface area (Å²) in [5.74, 6) is 2.42. The SMILES string of the molecule is COc1cc(Br)c(C(Br)CC2CCC2)cc1OC. The van der Waals surface area contributed by atoms with Crippen LogP contribution in [-0.4, -0.2) is 14.2 Å². The molecule has 4 heteroatoms. The Morgan fingerprint density at radius 1 is 1.22 bits per heavy atom. The molecular formula is C14H18Br2O2. The fourth-order valence-electron chi connectivity index (χ4n) is 2.26. The van der Waals surface area contributed by atoms with Gasteiger partial charge in [-0.25, -0.2) is 0 Å². The number of benzene rings is 1. The third-order valence-electron chi connectivity index (χ3n) is 3.61. The molecule has 1 aliphatic rings. The molecule has 0 spiro atoms. The van der Waals surface area contributed by atoms with Gasteiger partial charge < -0.3 is 9.47 Å². The highest BCUT2D eigenvalue weighted by atomic mass is 79.9.